The first-order valence-corrected chi connectivity index (χ1v) is 6.37. The van der Waals surface area contributed by atoms with Crippen LogP contribution in [-0.4, -0.2) is 21.3 Å². The number of aromatic nitrogens is 2. The van der Waals surface area contributed by atoms with Gasteiger partial charge in [0.05, 0.1) is 5.69 Å². The van der Waals surface area contributed by atoms with Crippen LogP contribution in [0.4, 0.5) is 0 Å². The van der Waals surface area contributed by atoms with Gasteiger partial charge in [0.1, 0.15) is 5.69 Å². The lowest BCUT2D eigenvalue weighted by Crippen LogP contribution is -1.95. The molecule has 5 heteroatoms. The van der Waals surface area contributed by atoms with Crippen molar-refractivity contribution in [1.29, 1.82) is 0 Å². The molecule has 0 aliphatic rings. The number of aromatic amines is 1. The summed E-state index contributed by atoms with van der Waals surface area (Å²) in [6, 6.07) is 7.51. The van der Waals surface area contributed by atoms with E-state index in [2.05, 4.69) is 40.0 Å². The molecule has 0 spiro atoms. The zero-order chi connectivity index (χ0) is 13.3. The van der Waals surface area contributed by atoms with Gasteiger partial charge in [-0.05, 0) is 29.7 Å². The summed E-state index contributed by atoms with van der Waals surface area (Å²) in [5.41, 5.74) is 2.84. The van der Waals surface area contributed by atoms with Crippen molar-refractivity contribution in [3.63, 3.8) is 0 Å². The van der Waals surface area contributed by atoms with Crippen LogP contribution >= 0.6 is 15.9 Å². The fraction of sp³-hybridized carbons (Fsp3) is 0.231. The van der Waals surface area contributed by atoms with Crippen molar-refractivity contribution in [2.24, 2.45) is 0 Å². The number of hydrogen-bond acceptors (Lipinski definition) is 2. The Morgan fingerprint density at radius 1 is 1.39 bits per heavy atom. The molecule has 2 aromatic rings. The molecule has 0 saturated heterocycles. The van der Waals surface area contributed by atoms with Crippen molar-refractivity contribution in [3.8, 4) is 11.3 Å². The third-order valence-electron chi connectivity index (χ3n) is 2.72. The van der Waals surface area contributed by atoms with E-state index in [1.807, 2.05) is 18.2 Å². The molecule has 0 atom stereocenters. The average molecular weight is 309 g/mol. The zero-order valence-corrected chi connectivity index (χ0v) is 11.7. The van der Waals surface area contributed by atoms with Crippen molar-refractivity contribution in [3.05, 3.63) is 40.0 Å². The quantitative estimate of drug-likeness (QED) is 0.909. The smallest absolute Gasteiger partial charge is 0.353 e. The summed E-state index contributed by atoms with van der Waals surface area (Å²) >= 11 is 3.42. The van der Waals surface area contributed by atoms with Gasteiger partial charge in [-0.2, -0.15) is 5.10 Å². The number of aromatic carboxylic acids is 1. The van der Waals surface area contributed by atoms with Gasteiger partial charge < -0.3 is 5.11 Å². The molecule has 2 N–H and O–H groups in total. The summed E-state index contributed by atoms with van der Waals surface area (Å²) in [7, 11) is 0. The van der Waals surface area contributed by atoms with Crippen molar-refractivity contribution >= 4 is 21.9 Å². The van der Waals surface area contributed by atoms with E-state index in [9.17, 15) is 4.79 Å². The van der Waals surface area contributed by atoms with Crippen LogP contribution in [0, 0.1) is 0 Å². The summed E-state index contributed by atoms with van der Waals surface area (Å²) in [5, 5.41) is 15.5. The van der Waals surface area contributed by atoms with Gasteiger partial charge in [-0.25, -0.2) is 4.79 Å². The third-order valence-corrected chi connectivity index (χ3v) is 3.21. The first-order chi connectivity index (χ1) is 8.49. The lowest BCUT2D eigenvalue weighted by molar-refractivity contribution is 0.0690. The van der Waals surface area contributed by atoms with Gasteiger partial charge in [0.2, 0.25) is 0 Å². The summed E-state index contributed by atoms with van der Waals surface area (Å²) in [5.74, 6) is -0.659. The largest absolute Gasteiger partial charge is 0.477 e. The number of halogens is 1. The van der Waals surface area contributed by atoms with E-state index in [0.29, 0.717) is 11.6 Å². The fourth-order valence-corrected chi connectivity index (χ4v) is 2.18. The van der Waals surface area contributed by atoms with Crippen molar-refractivity contribution < 1.29 is 9.90 Å². The minimum atomic E-state index is -1.00. The molecule has 2 rings (SSSR count). The van der Waals surface area contributed by atoms with Gasteiger partial charge in [0.25, 0.3) is 0 Å². The first-order valence-electron chi connectivity index (χ1n) is 5.57. The molecule has 94 valence electrons. The van der Waals surface area contributed by atoms with Crippen molar-refractivity contribution in [2.75, 3.05) is 0 Å². The Balaban J connectivity index is 2.54. The highest BCUT2D eigenvalue weighted by molar-refractivity contribution is 9.10. The van der Waals surface area contributed by atoms with E-state index in [4.69, 9.17) is 5.11 Å². The van der Waals surface area contributed by atoms with Crippen LogP contribution in [0.2, 0.25) is 0 Å². The molecule has 0 aliphatic heterocycles. The highest BCUT2D eigenvalue weighted by atomic mass is 79.9. The van der Waals surface area contributed by atoms with Crippen LogP contribution in [-0.2, 0) is 0 Å². The minimum absolute atomic E-state index is 0.0969. The van der Waals surface area contributed by atoms with Crippen LogP contribution in [0.5, 0.6) is 0 Å². The topological polar surface area (TPSA) is 66.0 Å². The van der Waals surface area contributed by atoms with Gasteiger partial charge in [0, 0.05) is 10.0 Å². The Labute approximate surface area is 113 Å². The average Bonchev–Trinajstić information content (AvgIpc) is 2.77. The standard InChI is InChI=1S/C13H13BrN2O2/c1-7(2)9-4-3-8(14)5-10(9)11-6-12(13(17)18)16-15-11/h3-7H,1-2H3,(H,15,16)(H,17,18). The number of carbonyl (C=O) groups is 1. The molecule has 1 aromatic carbocycles. The van der Waals surface area contributed by atoms with Crippen LogP contribution in [0.15, 0.2) is 28.7 Å². The normalized spacial score (nSPS) is 10.9. The Morgan fingerprint density at radius 3 is 2.67 bits per heavy atom. The molecule has 4 nitrogen and oxygen atoms in total. The van der Waals surface area contributed by atoms with Gasteiger partial charge in [0.15, 0.2) is 0 Å². The molecule has 0 saturated carbocycles. The summed E-state index contributed by atoms with van der Waals surface area (Å²) < 4.78 is 0.946. The van der Waals surface area contributed by atoms with E-state index in [0.717, 1.165) is 15.6 Å². The van der Waals surface area contributed by atoms with Crippen LogP contribution in [0.25, 0.3) is 11.3 Å². The molecule has 0 aliphatic carbocycles. The number of rotatable bonds is 3. The highest BCUT2D eigenvalue weighted by Gasteiger charge is 2.14. The van der Waals surface area contributed by atoms with Crippen molar-refractivity contribution in [2.45, 2.75) is 19.8 Å². The molecule has 1 heterocycles. The number of benzene rings is 1. The molecule has 0 unspecified atom stereocenters. The molecule has 18 heavy (non-hydrogen) atoms. The number of H-pyrrole nitrogens is 1. The predicted molar refractivity (Wildman–Crippen MR) is 72.8 cm³/mol. The molecular formula is C13H13BrN2O2. The number of carboxylic acids is 1. The zero-order valence-electron chi connectivity index (χ0n) is 10.1. The maximum atomic E-state index is 10.9. The summed E-state index contributed by atoms with van der Waals surface area (Å²) in [6.07, 6.45) is 0. The molecule has 0 radical (unpaired) electrons. The second-order valence-corrected chi connectivity index (χ2v) is 5.27. The molecule has 0 amide bonds. The number of carboxylic acid groups (broad SMARTS) is 1. The van der Waals surface area contributed by atoms with Gasteiger partial charge in [-0.3, -0.25) is 5.10 Å². The number of nitrogens with zero attached hydrogens (tertiary/aromatic N) is 1. The highest BCUT2D eigenvalue weighted by Crippen LogP contribution is 2.31. The van der Waals surface area contributed by atoms with Gasteiger partial charge in [-0.15, -0.1) is 0 Å². The third kappa shape index (κ3) is 2.46. The minimum Gasteiger partial charge on any atom is -0.477 e. The van der Waals surface area contributed by atoms with Crippen LogP contribution < -0.4 is 0 Å². The van der Waals surface area contributed by atoms with Crippen LogP contribution in [0.1, 0.15) is 35.8 Å². The maximum absolute atomic E-state index is 10.9. The maximum Gasteiger partial charge on any atom is 0.353 e. The summed E-state index contributed by atoms with van der Waals surface area (Å²) in [4.78, 5) is 10.9. The molecular weight excluding hydrogens is 296 g/mol. The molecule has 1 aromatic heterocycles. The molecule has 0 bridgehead atoms. The number of nitrogens with one attached hydrogen (secondary N) is 1. The van der Waals surface area contributed by atoms with E-state index < -0.39 is 5.97 Å². The fourth-order valence-electron chi connectivity index (χ4n) is 1.82. The Kier molecular flexibility index (Phi) is 3.52. The predicted octanol–water partition coefficient (Wildman–Crippen LogP) is 3.66. The van der Waals surface area contributed by atoms with E-state index >= 15 is 0 Å². The summed E-state index contributed by atoms with van der Waals surface area (Å²) in [6.45, 7) is 4.19. The number of hydrogen-bond donors (Lipinski definition) is 2. The monoisotopic (exact) mass is 308 g/mol. The SMILES string of the molecule is CC(C)c1ccc(Br)cc1-c1cc(C(=O)O)[nH]n1. The lowest BCUT2D eigenvalue weighted by Gasteiger charge is -2.11. The molecule has 0 fully saturated rings. The van der Waals surface area contributed by atoms with E-state index in [1.54, 1.807) is 6.07 Å². The van der Waals surface area contributed by atoms with E-state index in [1.165, 1.54) is 0 Å². The second-order valence-electron chi connectivity index (χ2n) is 4.36. The van der Waals surface area contributed by atoms with Gasteiger partial charge in [-0.1, -0.05) is 35.8 Å². The van der Waals surface area contributed by atoms with Crippen molar-refractivity contribution in [1.82, 2.24) is 10.2 Å². The van der Waals surface area contributed by atoms with Crippen LogP contribution in [0.3, 0.4) is 0 Å². The Hall–Kier alpha value is -1.62. The van der Waals surface area contributed by atoms with Gasteiger partial charge >= 0.3 is 5.97 Å². The Bertz CT molecular complexity index is 590. The van der Waals surface area contributed by atoms with E-state index in [-0.39, 0.29) is 5.69 Å². The second kappa shape index (κ2) is 4.94. The first kappa shape index (κ1) is 12.8. The Morgan fingerprint density at radius 2 is 2.11 bits per heavy atom. The lowest BCUT2D eigenvalue weighted by atomic mass is 9.95.